The van der Waals surface area contributed by atoms with Crippen molar-refractivity contribution < 1.29 is 13.2 Å². The Morgan fingerprint density at radius 1 is 1.00 bits per heavy atom. The standard InChI is InChI=1S/C16H15IN2O3S/c17-12-3-5-13(6-4-12)18-16(20)11-1-9-15(10-2-11)23(21,22)19-14-7-8-14/h1-6,9-10,14,19H,7-8H2,(H,18,20). The maximum atomic E-state index is 12.2. The van der Waals surface area contributed by atoms with Crippen LogP contribution in [-0.2, 0) is 10.0 Å². The summed E-state index contributed by atoms with van der Waals surface area (Å²) in [6, 6.07) is 13.4. The van der Waals surface area contributed by atoms with E-state index < -0.39 is 10.0 Å². The topological polar surface area (TPSA) is 75.3 Å². The molecule has 0 spiro atoms. The van der Waals surface area contributed by atoms with Crippen molar-refractivity contribution in [3.05, 3.63) is 57.7 Å². The average Bonchev–Trinajstić information content (AvgIpc) is 3.33. The first-order chi connectivity index (χ1) is 10.9. The van der Waals surface area contributed by atoms with Crippen LogP contribution < -0.4 is 10.0 Å². The van der Waals surface area contributed by atoms with Crippen molar-refractivity contribution in [2.24, 2.45) is 0 Å². The van der Waals surface area contributed by atoms with E-state index in [9.17, 15) is 13.2 Å². The van der Waals surface area contributed by atoms with E-state index in [1.54, 1.807) is 0 Å². The number of halogens is 1. The minimum Gasteiger partial charge on any atom is -0.322 e. The second-order valence-electron chi connectivity index (χ2n) is 5.38. The van der Waals surface area contributed by atoms with Gasteiger partial charge in [-0.1, -0.05) is 0 Å². The molecule has 0 radical (unpaired) electrons. The van der Waals surface area contributed by atoms with Crippen molar-refractivity contribution in [3.63, 3.8) is 0 Å². The highest BCUT2D eigenvalue weighted by atomic mass is 127. The third-order valence-electron chi connectivity index (χ3n) is 3.43. The Morgan fingerprint density at radius 2 is 1.61 bits per heavy atom. The van der Waals surface area contributed by atoms with Crippen LogP contribution in [-0.4, -0.2) is 20.4 Å². The van der Waals surface area contributed by atoms with Crippen molar-refractivity contribution >= 4 is 44.2 Å². The Hall–Kier alpha value is -1.45. The van der Waals surface area contributed by atoms with Gasteiger partial charge in [-0.05, 0) is 84.0 Å². The lowest BCUT2D eigenvalue weighted by Gasteiger charge is -2.08. The van der Waals surface area contributed by atoms with E-state index in [1.807, 2.05) is 24.3 Å². The summed E-state index contributed by atoms with van der Waals surface area (Å²) >= 11 is 2.19. The summed E-state index contributed by atoms with van der Waals surface area (Å²) < 4.78 is 27.8. The Balaban J connectivity index is 1.71. The zero-order chi connectivity index (χ0) is 16.4. The smallest absolute Gasteiger partial charge is 0.255 e. The first kappa shape index (κ1) is 16.4. The van der Waals surface area contributed by atoms with Gasteiger partial charge in [0.1, 0.15) is 0 Å². The summed E-state index contributed by atoms with van der Waals surface area (Å²) in [7, 11) is -3.49. The van der Waals surface area contributed by atoms with E-state index in [4.69, 9.17) is 0 Å². The molecular formula is C16H15IN2O3S. The summed E-state index contributed by atoms with van der Waals surface area (Å²) in [5, 5.41) is 2.78. The predicted molar refractivity (Wildman–Crippen MR) is 96.9 cm³/mol. The molecule has 2 N–H and O–H groups in total. The predicted octanol–water partition coefficient (Wildman–Crippen LogP) is 2.98. The number of hydrogen-bond acceptors (Lipinski definition) is 3. The van der Waals surface area contributed by atoms with Crippen LogP contribution in [0.4, 0.5) is 5.69 Å². The largest absolute Gasteiger partial charge is 0.322 e. The number of anilines is 1. The maximum absolute atomic E-state index is 12.2. The van der Waals surface area contributed by atoms with Crippen molar-refractivity contribution in [2.45, 2.75) is 23.8 Å². The minimum absolute atomic E-state index is 0.0591. The van der Waals surface area contributed by atoms with E-state index >= 15 is 0 Å². The molecule has 5 nitrogen and oxygen atoms in total. The lowest BCUT2D eigenvalue weighted by Crippen LogP contribution is -2.25. The number of carbonyl (C=O) groups is 1. The minimum atomic E-state index is -3.49. The van der Waals surface area contributed by atoms with Gasteiger partial charge in [0, 0.05) is 20.9 Å². The highest BCUT2D eigenvalue weighted by molar-refractivity contribution is 14.1. The Kier molecular flexibility index (Phi) is 4.69. The maximum Gasteiger partial charge on any atom is 0.255 e. The molecule has 1 amide bonds. The molecular weight excluding hydrogens is 427 g/mol. The number of nitrogens with one attached hydrogen (secondary N) is 2. The van der Waals surface area contributed by atoms with Crippen molar-refractivity contribution in [1.29, 1.82) is 0 Å². The van der Waals surface area contributed by atoms with Crippen LogP contribution >= 0.6 is 22.6 Å². The first-order valence-electron chi connectivity index (χ1n) is 7.13. The van der Waals surface area contributed by atoms with E-state index in [1.165, 1.54) is 24.3 Å². The van der Waals surface area contributed by atoms with Gasteiger partial charge in [0.05, 0.1) is 4.90 Å². The zero-order valence-corrected chi connectivity index (χ0v) is 15.1. The van der Waals surface area contributed by atoms with Crippen molar-refractivity contribution in [3.8, 4) is 0 Å². The third-order valence-corrected chi connectivity index (χ3v) is 5.68. The van der Waals surface area contributed by atoms with Gasteiger partial charge in [0.15, 0.2) is 0 Å². The first-order valence-corrected chi connectivity index (χ1v) is 9.69. The second-order valence-corrected chi connectivity index (χ2v) is 8.34. The van der Waals surface area contributed by atoms with E-state index in [0.29, 0.717) is 11.3 Å². The quantitative estimate of drug-likeness (QED) is 0.700. The third kappa shape index (κ3) is 4.30. The summed E-state index contributed by atoms with van der Waals surface area (Å²) in [6.45, 7) is 0. The highest BCUT2D eigenvalue weighted by Gasteiger charge is 2.27. The van der Waals surface area contributed by atoms with E-state index in [-0.39, 0.29) is 16.8 Å². The Bertz CT molecular complexity index is 813. The molecule has 1 aliphatic rings. The van der Waals surface area contributed by atoms with Crippen LogP contribution in [0.5, 0.6) is 0 Å². The van der Waals surface area contributed by atoms with Crippen LogP contribution in [0.2, 0.25) is 0 Å². The zero-order valence-electron chi connectivity index (χ0n) is 12.1. The molecule has 120 valence electrons. The molecule has 3 rings (SSSR count). The molecule has 0 unspecified atom stereocenters. The molecule has 0 atom stereocenters. The number of benzene rings is 2. The monoisotopic (exact) mass is 442 g/mol. The lowest BCUT2D eigenvalue weighted by molar-refractivity contribution is 0.102. The lowest BCUT2D eigenvalue weighted by atomic mass is 10.2. The highest BCUT2D eigenvalue weighted by Crippen LogP contribution is 2.22. The van der Waals surface area contributed by atoms with Gasteiger partial charge >= 0.3 is 0 Å². The van der Waals surface area contributed by atoms with Gasteiger partial charge in [0.25, 0.3) is 5.91 Å². The SMILES string of the molecule is O=C(Nc1ccc(I)cc1)c1ccc(S(=O)(=O)NC2CC2)cc1. The van der Waals surface area contributed by atoms with Gasteiger partial charge in [0.2, 0.25) is 10.0 Å². The molecule has 0 bridgehead atoms. The normalized spacial score (nSPS) is 14.5. The summed E-state index contributed by atoms with van der Waals surface area (Å²) in [4.78, 5) is 12.3. The van der Waals surface area contributed by atoms with E-state index in [0.717, 1.165) is 16.4 Å². The van der Waals surface area contributed by atoms with Crippen LogP contribution in [0.1, 0.15) is 23.2 Å². The van der Waals surface area contributed by atoms with Crippen LogP contribution in [0.25, 0.3) is 0 Å². The summed E-state index contributed by atoms with van der Waals surface area (Å²) in [5.74, 6) is -0.273. The van der Waals surface area contributed by atoms with Crippen LogP contribution in [0, 0.1) is 3.57 Å². The summed E-state index contributed by atoms with van der Waals surface area (Å²) in [6.07, 6.45) is 1.77. The number of rotatable bonds is 5. The number of amides is 1. The fourth-order valence-electron chi connectivity index (χ4n) is 2.01. The Labute approximate surface area is 148 Å². The van der Waals surface area contributed by atoms with Gasteiger partial charge in [-0.3, -0.25) is 4.79 Å². The van der Waals surface area contributed by atoms with Crippen molar-refractivity contribution in [1.82, 2.24) is 4.72 Å². The fourth-order valence-corrected chi connectivity index (χ4v) is 3.68. The van der Waals surface area contributed by atoms with Crippen molar-refractivity contribution in [2.75, 3.05) is 5.32 Å². The molecule has 7 heteroatoms. The van der Waals surface area contributed by atoms with Gasteiger partial charge in [-0.2, -0.15) is 0 Å². The molecule has 0 saturated heterocycles. The van der Waals surface area contributed by atoms with Gasteiger partial charge in [-0.15, -0.1) is 0 Å². The van der Waals surface area contributed by atoms with E-state index in [2.05, 4.69) is 32.6 Å². The molecule has 1 aliphatic carbocycles. The molecule has 1 saturated carbocycles. The number of sulfonamides is 1. The molecule has 1 fully saturated rings. The van der Waals surface area contributed by atoms with Crippen LogP contribution in [0.3, 0.4) is 0 Å². The molecule has 23 heavy (non-hydrogen) atoms. The molecule has 2 aromatic rings. The fraction of sp³-hybridized carbons (Fsp3) is 0.188. The number of carbonyl (C=O) groups excluding carboxylic acids is 1. The van der Waals surface area contributed by atoms with Crippen LogP contribution in [0.15, 0.2) is 53.4 Å². The number of hydrogen-bond donors (Lipinski definition) is 2. The Morgan fingerprint density at radius 3 is 2.17 bits per heavy atom. The van der Waals surface area contributed by atoms with Gasteiger partial charge in [-0.25, -0.2) is 13.1 Å². The summed E-state index contributed by atoms with van der Waals surface area (Å²) in [5.41, 5.74) is 1.11. The second kappa shape index (κ2) is 6.58. The average molecular weight is 442 g/mol. The molecule has 0 aliphatic heterocycles. The molecule has 2 aromatic carbocycles. The van der Waals surface area contributed by atoms with Gasteiger partial charge < -0.3 is 5.32 Å². The molecule has 0 heterocycles. The molecule has 0 aromatic heterocycles.